The number of carboxylic acid groups (broad SMARTS) is 1. The lowest BCUT2D eigenvalue weighted by Crippen LogP contribution is -2.42. The zero-order valence-corrected chi connectivity index (χ0v) is 21.9. The number of aryl methyl sites for hydroxylation is 1. The van der Waals surface area contributed by atoms with E-state index < -0.39 is 28.1 Å². The molecule has 1 heterocycles. The molecule has 0 amide bonds. The minimum atomic E-state index is -4.13. The van der Waals surface area contributed by atoms with Crippen LogP contribution in [0.25, 0.3) is 0 Å². The monoisotopic (exact) mass is 579 g/mol. The molecular formula is C25H20BrCl2NO4S. The van der Waals surface area contributed by atoms with Crippen LogP contribution >= 0.6 is 39.1 Å². The Bertz CT molecular complexity index is 1370. The third kappa shape index (κ3) is 4.81. The van der Waals surface area contributed by atoms with Gasteiger partial charge in [-0.2, -0.15) is 4.31 Å². The second kappa shape index (κ2) is 9.84. The highest BCUT2D eigenvalue weighted by Crippen LogP contribution is 2.46. The van der Waals surface area contributed by atoms with Gasteiger partial charge in [-0.15, -0.1) is 0 Å². The third-order valence-corrected chi connectivity index (χ3v) is 8.93. The number of aliphatic carboxylic acids is 1. The van der Waals surface area contributed by atoms with Gasteiger partial charge in [-0.25, -0.2) is 13.2 Å². The lowest BCUT2D eigenvalue weighted by Gasteiger charge is -2.40. The number of carboxylic acids is 1. The highest BCUT2D eigenvalue weighted by molar-refractivity contribution is 9.10. The molecule has 1 aliphatic heterocycles. The van der Waals surface area contributed by atoms with E-state index in [1.807, 2.05) is 6.92 Å². The van der Waals surface area contributed by atoms with E-state index in [0.29, 0.717) is 21.2 Å². The van der Waals surface area contributed by atoms with E-state index >= 15 is 0 Å². The van der Waals surface area contributed by atoms with Crippen molar-refractivity contribution in [3.63, 3.8) is 0 Å². The Balaban J connectivity index is 1.97. The molecule has 1 N–H and O–H groups in total. The molecular weight excluding hydrogens is 561 g/mol. The number of carbonyl (C=O) groups is 1. The number of sulfonamides is 1. The van der Waals surface area contributed by atoms with Crippen LogP contribution in [-0.2, 0) is 14.8 Å². The molecule has 0 saturated heterocycles. The molecule has 0 spiro atoms. The predicted octanol–water partition coefficient (Wildman–Crippen LogP) is 6.95. The van der Waals surface area contributed by atoms with Crippen LogP contribution in [0.5, 0.6) is 0 Å². The average Bonchev–Trinajstić information content (AvgIpc) is 2.80. The number of hydrogen-bond donors (Lipinski definition) is 1. The second-order valence-corrected chi connectivity index (χ2v) is 11.6. The zero-order chi connectivity index (χ0) is 24.6. The molecule has 0 fully saturated rings. The van der Waals surface area contributed by atoms with Gasteiger partial charge in [-0.05, 0) is 60.9 Å². The topological polar surface area (TPSA) is 74.7 Å². The fraction of sp³-hybridized carbons (Fsp3) is 0.160. The fourth-order valence-electron chi connectivity index (χ4n) is 4.09. The van der Waals surface area contributed by atoms with Gasteiger partial charge in [0.1, 0.15) is 0 Å². The van der Waals surface area contributed by atoms with Gasteiger partial charge < -0.3 is 5.11 Å². The Hall–Kier alpha value is -2.16. The Kier molecular flexibility index (Phi) is 7.22. The molecule has 0 aromatic heterocycles. The maximum atomic E-state index is 14.1. The lowest BCUT2D eigenvalue weighted by atomic mass is 9.89. The van der Waals surface area contributed by atoms with Crippen LogP contribution in [0, 0.1) is 6.92 Å². The normalized spacial score (nSPS) is 19.0. The van der Waals surface area contributed by atoms with Crippen molar-refractivity contribution in [3.8, 4) is 0 Å². The van der Waals surface area contributed by atoms with Crippen LogP contribution in [0.1, 0.15) is 35.2 Å². The van der Waals surface area contributed by atoms with Crippen molar-refractivity contribution < 1.29 is 18.3 Å². The first-order valence-electron chi connectivity index (χ1n) is 10.3. The zero-order valence-electron chi connectivity index (χ0n) is 18.0. The van der Waals surface area contributed by atoms with Crippen LogP contribution < -0.4 is 0 Å². The van der Waals surface area contributed by atoms with E-state index in [9.17, 15) is 18.3 Å². The molecule has 0 aliphatic carbocycles. The van der Waals surface area contributed by atoms with Crippen molar-refractivity contribution in [3.05, 3.63) is 110 Å². The molecule has 0 bridgehead atoms. The van der Waals surface area contributed by atoms with Crippen molar-refractivity contribution in [2.45, 2.75) is 30.3 Å². The van der Waals surface area contributed by atoms with Crippen molar-refractivity contribution in [1.29, 1.82) is 0 Å². The number of benzene rings is 3. The Morgan fingerprint density at radius 1 is 0.971 bits per heavy atom. The van der Waals surface area contributed by atoms with E-state index in [0.717, 1.165) is 10.0 Å². The maximum Gasteiger partial charge on any atom is 0.333 e. The molecule has 0 radical (unpaired) electrons. The summed E-state index contributed by atoms with van der Waals surface area (Å²) in [5, 5.41) is 10.7. The summed E-state index contributed by atoms with van der Waals surface area (Å²) in [5.41, 5.74) is 2.06. The summed E-state index contributed by atoms with van der Waals surface area (Å²) < 4.78 is 30.3. The highest BCUT2D eigenvalue weighted by Gasteiger charge is 2.44. The fourth-order valence-corrected chi connectivity index (χ4v) is 6.44. The molecule has 5 nitrogen and oxygen atoms in total. The molecule has 3 aromatic rings. The molecule has 176 valence electrons. The Morgan fingerprint density at radius 2 is 1.59 bits per heavy atom. The lowest BCUT2D eigenvalue weighted by molar-refractivity contribution is -0.133. The molecule has 34 heavy (non-hydrogen) atoms. The van der Waals surface area contributed by atoms with Gasteiger partial charge in [0.05, 0.1) is 32.6 Å². The number of halogens is 3. The smallest absolute Gasteiger partial charge is 0.333 e. The van der Waals surface area contributed by atoms with Gasteiger partial charge in [0.15, 0.2) is 0 Å². The summed E-state index contributed by atoms with van der Waals surface area (Å²) in [4.78, 5) is 12.3. The van der Waals surface area contributed by atoms with E-state index in [4.69, 9.17) is 23.2 Å². The molecule has 0 saturated carbocycles. The average molecular weight is 581 g/mol. The van der Waals surface area contributed by atoms with Crippen LogP contribution in [0.2, 0.25) is 10.0 Å². The van der Waals surface area contributed by atoms with Gasteiger partial charge >= 0.3 is 5.97 Å². The van der Waals surface area contributed by atoms with Gasteiger partial charge in [0, 0.05) is 4.47 Å². The van der Waals surface area contributed by atoms with Crippen molar-refractivity contribution in [2.75, 3.05) is 0 Å². The summed E-state index contributed by atoms with van der Waals surface area (Å²) in [5.74, 6) is -1.18. The molecule has 2 atom stereocenters. The van der Waals surface area contributed by atoms with Crippen LogP contribution in [-0.4, -0.2) is 23.8 Å². The van der Waals surface area contributed by atoms with Gasteiger partial charge in [0.2, 0.25) is 10.0 Å². The molecule has 1 aliphatic rings. The van der Waals surface area contributed by atoms with Crippen molar-refractivity contribution >= 4 is 55.1 Å². The maximum absolute atomic E-state index is 14.1. The molecule has 3 aromatic carbocycles. The van der Waals surface area contributed by atoms with Crippen LogP contribution in [0.4, 0.5) is 0 Å². The quantitative estimate of drug-likeness (QED) is 0.354. The summed E-state index contributed by atoms with van der Waals surface area (Å²) in [7, 11) is -4.13. The first kappa shape index (κ1) is 24.9. The van der Waals surface area contributed by atoms with Gasteiger partial charge in [-0.3, -0.25) is 0 Å². The van der Waals surface area contributed by atoms with Gasteiger partial charge in [-0.1, -0.05) is 81.1 Å². The van der Waals surface area contributed by atoms with Crippen LogP contribution in [0.15, 0.2) is 87.7 Å². The predicted molar refractivity (Wildman–Crippen MR) is 137 cm³/mol. The second-order valence-electron chi connectivity index (χ2n) is 7.99. The molecule has 0 unspecified atom stereocenters. The van der Waals surface area contributed by atoms with E-state index in [1.54, 1.807) is 60.7 Å². The number of nitrogens with zero attached hydrogens (tertiary/aromatic N) is 1. The highest BCUT2D eigenvalue weighted by atomic mass is 79.9. The van der Waals surface area contributed by atoms with E-state index in [1.165, 1.54) is 16.4 Å². The summed E-state index contributed by atoms with van der Waals surface area (Å²) in [6.45, 7) is 1.87. The standard InChI is InChI=1S/C25H20BrCl2NO4S/c1-15-2-9-19(10-3-15)34(32,33)29-23(17-6-12-21(27)22(28)14-17)13-11-20(25(30)31)24(29)16-4-7-18(26)8-5-16/h2-12,14,23-24H,13H2,1H3,(H,30,31)/t23-,24-/m0/s1. The molecule has 9 heteroatoms. The summed E-state index contributed by atoms with van der Waals surface area (Å²) >= 11 is 15.8. The third-order valence-electron chi connectivity index (χ3n) is 5.77. The number of rotatable bonds is 5. The molecule has 4 rings (SSSR count). The van der Waals surface area contributed by atoms with Crippen molar-refractivity contribution in [1.82, 2.24) is 4.31 Å². The Morgan fingerprint density at radius 3 is 2.18 bits per heavy atom. The Labute approximate surface area is 216 Å². The minimum Gasteiger partial charge on any atom is -0.478 e. The summed E-state index contributed by atoms with van der Waals surface area (Å²) in [6, 6.07) is 16.7. The number of hydrogen-bond acceptors (Lipinski definition) is 3. The van der Waals surface area contributed by atoms with Gasteiger partial charge in [0.25, 0.3) is 0 Å². The van der Waals surface area contributed by atoms with E-state index in [2.05, 4.69) is 15.9 Å². The minimum absolute atomic E-state index is 0.00526. The van der Waals surface area contributed by atoms with Crippen molar-refractivity contribution in [2.24, 2.45) is 0 Å². The SMILES string of the molecule is Cc1ccc(S(=O)(=O)N2[C@@H](c3ccc(Br)cc3)C(C(=O)O)=CC[C@H]2c2ccc(Cl)c(Cl)c2)cc1. The largest absolute Gasteiger partial charge is 0.478 e. The van der Waals surface area contributed by atoms with Crippen LogP contribution in [0.3, 0.4) is 0 Å². The van der Waals surface area contributed by atoms with E-state index in [-0.39, 0.29) is 16.9 Å². The first-order valence-corrected chi connectivity index (χ1v) is 13.3. The summed E-state index contributed by atoms with van der Waals surface area (Å²) in [6.07, 6.45) is 1.75. The first-order chi connectivity index (χ1) is 16.1.